The third-order valence-electron chi connectivity index (χ3n) is 4.29. The zero-order valence-electron chi connectivity index (χ0n) is 13.3. The number of rotatable bonds is 4. The summed E-state index contributed by atoms with van der Waals surface area (Å²) in [6.45, 7) is 10.1. The molecule has 0 saturated carbocycles. The number of nitrogens with one attached hydrogen (secondary N) is 1. The summed E-state index contributed by atoms with van der Waals surface area (Å²) in [5.41, 5.74) is 3.88. The first-order valence-electron chi connectivity index (χ1n) is 7.57. The SMILES string of the molecule is Cc1cc(C(C)NCc2cnn3c2CN(C)CC3)c(C)o1. The van der Waals surface area contributed by atoms with Gasteiger partial charge in [0, 0.05) is 36.8 Å². The van der Waals surface area contributed by atoms with E-state index in [0.717, 1.165) is 37.7 Å². The van der Waals surface area contributed by atoms with Gasteiger partial charge in [-0.15, -0.1) is 0 Å². The van der Waals surface area contributed by atoms with Crippen molar-refractivity contribution in [3.63, 3.8) is 0 Å². The molecule has 0 aliphatic carbocycles. The van der Waals surface area contributed by atoms with Crippen molar-refractivity contribution in [1.82, 2.24) is 20.0 Å². The van der Waals surface area contributed by atoms with Gasteiger partial charge in [0.25, 0.3) is 0 Å². The first-order chi connectivity index (χ1) is 10.0. The van der Waals surface area contributed by atoms with Crippen LogP contribution in [-0.2, 0) is 19.6 Å². The Hall–Kier alpha value is -1.59. The Kier molecular flexibility index (Phi) is 3.87. The van der Waals surface area contributed by atoms with E-state index in [1.54, 1.807) is 0 Å². The number of furan rings is 1. The number of aryl methyl sites for hydroxylation is 2. The average Bonchev–Trinajstić information content (AvgIpc) is 2.99. The second-order valence-corrected chi connectivity index (χ2v) is 6.05. The maximum absolute atomic E-state index is 5.61. The summed E-state index contributed by atoms with van der Waals surface area (Å²) in [4.78, 5) is 2.34. The molecule has 3 heterocycles. The molecular formula is C16H24N4O. The molecule has 0 fully saturated rings. The minimum atomic E-state index is 0.277. The second kappa shape index (κ2) is 5.66. The molecule has 0 radical (unpaired) electrons. The monoisotopic (exact) mass is 288 g/mol. The van der Waals surface area contributed by atoms with Gasteiger partial charge in [-0.2, -0.15) is 5.10 Å². The molecule has 114 valence electrons. The molecule has 5 heteroatoms. The molecular weight excluding hydrogens is 264 g/mol. The Morgan fingerprint density at radius 2 is 2.19 bits per heavy atom. The Bertz CT molecular complexity index is 628. The van der Waals surface area contributed by atoms with Gasteiger partial charge in [0.05, 0.1) is 18.4 Å². The van der Waals surface area contributed by atoms with Crippen LogP contribution in [0.1, 0.15) is 41.3 Å². The van der Waals surface area contributed by atoms with Gasteiger partial charge in [-0.3, -0.25) is 9.58 Å². The van der Waals surface area contributed by atoms with Crippen molar-refractivity contribution in [1.29, 1.82) is 0 Å². The fourth-order valence-electron chi connectivity index (χ4n) is 3.03. The molecule has 3 rings (SSSR count). The Morgan fingerprint density at radius 3 is 2.90 bits per heavy atom. The number of aromatic nitrogens is 2. The van der Waals surface area contributed by atoms with Crippen LogP contribution in [0.3, 0.4) is 0 Å². The Morgan fingerprint density at radius 1 is 1.38 bits per heavy atom. The molecule has 1 aliphatic rings. The van der Waals surface area contributed by atoms with Crippen LogP contribution in [0.5, 0.6) is 0 Å². The quantitative estimate of drug-likeness (QED) is 0.938. The molecule has 5 nitrogen and oxygen atoms in total. The molecule has 1 atom stereocenters. The number of likely N-dealkylation sites (N-methyl/N-ethyl adjacent to an activating group) is 1. The summed E-state index contributed by atoms with van der Waals surface area (Å²) in [5, 5.41) is 8.08. The van der Waals surface area contributed by atoms with Gasteiger partial charge in [0.1, 0.15) is 11.5 Å². The van der Waals surface area contributed by atoms with E-state index in [4.69, 9.17) is 4.42 Å². The lowest BCUT2D eigenvalue weighted by atomic mass is 10.1. The molecule has 1 aliphatic heterocycles. The van der Waals surface area contributed by atoms with Crippen LogP contribution >= 0.6 is 0 Å². The van der Waals surface area contributed by atoms with Gasteiger partial charge in [-0.25, -0.2) is 0 Å². The van der Waals surface area contributed by atoms with Crippen LogP contribution < -0.4 is 5.32 Å². The van der Waals surface area contributed by atoms with Crippen molar-refractivity contribution in [3.8, 4) is 0 Å². The van der Waals surface area contributed by atoms with Crippen LogP contribution in [-0.4, -0.2) is 28.3 Å². The average molecular weight is 288 g/mol. The van der Waals surface area contributed by atoms with E-state index < -0.39 is 0 Å². The van der Waals surface area contributed by atoms with Gasteiger partial charge in [-0.05, 0) is 33.9 Å². The summed E-state index contributed by atoms with van der Waals surface area (Å²) < 4.78 is 7.75. The molecule has 0 bridgehead atoms. The number of nitrogens with zero attached hydrogens (tertiary/aromatic N) is 3. The summed E-state index contributed by atoms with van der Waals surface area (Å²) >= 11 is 0. The number of fused-ring (bicyclic) bond motifs is 1. The maximum atomic E-state index is 5.61. The molecule has 0 amide bonds. The van der Waals surface area contributed by atoms with Crippen molar-refractivity contribution < 1.29 is 4.42 Å². The molecule has 2 aromatic heterocycles. The molecule has 0 saturated heterocycles. The fourth-order valence-corrected chi connectivity index (χ4v) is 3.03. The van der Waals surface area contributed by atoms with Crippen LogP contribution in [0.15, 0.2) is 16.7 Å². The first-order valence-corrected chi connectivity index (χ1v) is 7.57. The lowest BCUT2D eigenvalue weighted by Gasteiger charge is -2.24. The van der Waals surface area contributed by atoms with Crippen molar-refractivity contribution in [2.75, 3.05) is 13.6 Å². The summed E-state index contributed by atoms with van der Waals surface area (Å²) in [7, 11) is 2.16. The second-order valence-electron chi connectivity index (χ2n) is 6.05. The molecule has 1 unspecified atom stereocenters. The van der Waals surface area contributed by atoms with E-state index in [9.17, 15) is 0 Å². The molecule has 0 spiro atoms. The van der Waals surface area contributed by atoms with E-state index in [1.165, 1.54) is 16.8 Å². The van der Waals surface area contributed by atoms with Crippen LogP contribution in [0, 0.1) is 13.8 Å². The third kappa shape index (κ3) is 2.89. The predicted octanol–water partition coefficient (Wildman–Crippen LogP) is 2.39. The zero-order chi connectivity index (χ0) is 15.0. The van der Waals surface area contributed by atoms with E-state index in [1.807, 2.05) is 20.0 Å². The number of hydrogen-bond acceptors (Lipinski definition) is 4. The third-order valence-corrected chi connectivity index (χ3v) is 4.29. The summed E-state index contributed by atoms with van der Waals surface area (Å²) in [6, 6.07) is 2.40. The van der Waals surface area contributed by atoms with E-state index in [-0.39, 0.29) is 6.04 Å². The van der Waals surface area contributed by atoms with Crippen molar-refractivity contribution in [3.05, 3.63) is 40.6 Å². The summed E-state index contributed by atoms with van der Waals surface area (Å²) in [5.74, 6) is 1.98. The van der Waals surface area contributed by atoms with Gasteiger partial charge in [-0.1, -0.05) is 0 Å². The highest BCUT2D eigenvalue weighted by Gasteiger charge is 2.19. The highest BCUT2D eigenvalue weighted by molar-refractivity contribution is 5.24. The lowest BCUT2D eigenvalue weighted by molar-refractivity contribution is 0.257. The Labute approximate surface area is 125 Å². The normalized spacial score (nSPS) is 17.0. The van der Waals surface area contributed by atoms with Crippen LogP contribution in [0.2, 0.25) is 0 Å². The minimum Gasteiger partial charge on any atom is -0.466 e. The number of hydrogen-bond donors (Lipinski definition) is 1. The largest absolute Gasteiger partial charge is 0.466 e. The van der Waals surface area contributed by atoms with Crippen molar-refractivity contribution >= 4 is 0 Å². The van der Waals surface area contributed by atoms with Gasteiger partial charge in [0.2, 0.25) is 0 Å². The molecule has 2 aromatic rings. The van der Waals surface area contributed by atoms with Crippen molar-refractivity contribution in [2.24, 2.45) is 0 Å². The van der Waals surface area contributed by atoms with E-state index >= 15 is 0 Å². The topological polar surface area (TPSA) is 46.2 Å². The zero-order valence-corrected chi connectivity index (χ0v) is 13.3. The van der Waals surface area contributed by atoms with Crippen LogP contribution in [0.25, 0.3) is 0 Å². The molecule has 0 aromatic carbocycles. The predicted molar refractivity (Wildman–Crippen MR) is 82.0 cm³/mol. The highest BCUT2D eigenvalue weighted by Crippen LogP contribution is 2.22. The first kappa shape index (κ1) is 14.4. The lowest BCUT2D eigenvalue weighted by Crippen LogP contribution is -2.31. The van der Waals surface area contributed by atoms with Gasteiger partial charge < -0.3 is 9.73 Å². The van der Waals surface area contributed by atoms with Gasteiger partial charge >= 0.3 is 0 Å². The Balaban J connectivity index is 1.68. The smallest absolute Gasteiger partial charge is 0.105 e. The maximum Gasteiger partial charge on any atom is 0.105 e. The van der Waals surface area contributed by atoms with Crippen molar-refractivity contribution in [2.45, 2.75) is 46.4 Å². The van der Waals surface area contributed by atoms with Crippen LogP contribution in [0.4, 0.5) is 0 Å². The molecule has 21 heavy (non-hydrogen) atoms. The minimum absolute atomic E-state index is 0.277. The van der Waals surface area contributed by atoms with Gasteiger partial charge in [0.15, 0.2) is 0 Å². The van der Waals surface area contributed by atoms with E-state index in [2.05, 4.69) is 40.0 Å². The fraction of sp³-hybridized carbons (Fsp3) is 0.562. The standard InChI is InChI=1S/C16H24N4O/c1-11-7-15(13(3)21-11)12(2)17-8-14-9-18-20-6-5-19(4)10-16(14)20/h7,9,12,17H,5-6,8,10H2,1-4H3. The highest BCUT2D eigenvalue weighted by atomic mass is 16.3. The molecule has 1 N–H and O–H groups in total. The summed E-state index contributed by atoms with van der Waals surface area (Å²) in [6.07, 6.45) is 2.00. The van der Waals surface area contributed by atoms with E-state index in [0.29, 0.717) is 0 Å².